The highest BCUT2D eigenvalue weighted by Gasteiger charge is 2.25. The van der Waals surface area contributed by atoms with Gasteiger partial charge in [0.25, 0.3) is 0 Å². The third-order valence-corrected chi connectivity index (χ3v) is 5.02. The number of unbranched alkanes of at least 4 members (excludes halogenated alkanes) is 1. The molecule has 2 rings (SSSR count). The molecule has 0 aromatic heterocycles. The van der Waals surface area contributed by atoms with Gasteiger partial charge in [-0.3, -0.25) is 4.90 Å². The van der Waals surface area contributed by atoms with Gasteiger partial charge in [0.1, 0.15) is 0 Å². The second-order valence-corrected chi connectivity index (χ2v) is 7.36. The van der Waals surface area contributed by atoms with Crippen molar-refractivity contribution in [2.75, 3.05) is 13.1 Å². The Balaban J connectivity index is 2.17. The predicted molar refractivity (Wildman–Crippen MR) is 115 cm³/mol. The van der Waals surface area contributed by atoms with E-state index in [-0.39, 0.29) is 12.1 Å². The molecule has 3 heteroatoms. The summed E-state index contributed by atoms with van der Waals surface area (Å²) < 4.78 is 0. The first-order valence-electron chi connectivity index (χ1n) is 10.4. The lowest BCUT2D eigenvalue weighted by Gasteiger charge is -2.35. The van der Waals surface area contributed by atoms with Crippen molar-refractivity contribution in [3.8, 4) is 0 Å². The van der Waals surface area contributed by atoms with Crippen LogP contribution >= 0.6 is 0 Å². The second-order valence-electron chi connectivity index (χ2n) is 7.36. The van der Waals surface area contributed by atoms with Crippen molar-refractivity contribution >= 4 is 0 Å². The molecular weight excluding hydrogens is 332 g/mol. The minimum atomic E-state index is -0.323. The molecule has 0 saturated heterocycles. The molecule has 2 atom stereocenters. The quantitative estimate of drug-likeness (QED) is 0.507. The Morgan fingerprint density at radius 3 is 1.89 bits per heavy atom. The van der Waals surface area contributed by atoms with E-state index >= 15 is 0 Å². The minimum Gasteiger partial charge on any atom is -0.391 e. The average molecular weight is 369 g/mol. The Kier molecular flexibility index (Phi) is 10.1. The van der Waals surface area contributed by atoms with Crippen LogP contribution in [-0.2, 0) is 13.1 Å². The van der Waals surface area contributed by atoms with Gasteiger partial charge in [0.15, 0.2) is 0 Å². The smallest absolute Gasteiger partial charge is 0.0707 e. The summed E-state index contributed by atoms with van der Waals surface area (Å²) >= 11 is 0. The van der Waals surface area contributed by atoms with E-state index in [0.29, 0.717) is 0 Å². The van der Waals surface area contributed by atoms with E-state index in [1.54, 1.807) is 0 Å². The van der Waals surface area contributed by atoms with Crippen molar-refractivity contribution < 1.29 is 5.11 Å². The molecule has 0 aliphatic carbocycles. The molecule has 27 heavy (non-hydrogen) atoms. The lowest BCUT2D eigenvalue weighted by Crippen LogP contribution is -2.49. The third-order valence-electron chi connectivity index (χ3n) is 5.02. The van der Waals surface area contributed by atoms with Crippen LogP contribution in [0, 0.1) is 0 Å². The number of benzene rings is 2. The van der Waals surface area contributed by atoms with Gasteiger partial charge in [0.05, 0.1) is 6.10 Å². The summed E-state index contributed by atoms with van der Waals surface area (Å²) in [7, 11) is 0. The first-order valence-corrected chi connectivity index (χ1v) is 10.4. The van der Waals surface area contributed by atoms with Crippen molar-refractivity contribution in [2.45, 2.75) is 64.8 Å². The Hall–Kier alpha value is -1.68. The minimum absolute atomic E-state index is 0.0993. The second kappa shape index (κ2) is 12.7. The van der Waals surface area contributed by atoms with Crippen LogP contribution in [-0.4, -0.2) is 35.2 Å². The van der Waals surface area contributed by atoms with E-state index in [1.165, 1.54) is 24.0 Å². The fourth-order valence-corrected chi connectivity index (χ4v) is 3.47. The summed E-state index contributed by atoms with van der Waals surface area (Å²) in [4.78, 5) is 2.43. The van der Waals surface area contributed by atoms with Crippen LogP contribution in [0.15, 0.2) is 60.7 Å². The fraction of sp³-hybridized carbons (Fsp3) is 0.500. The highest BCUT2D eigenvalue weighted by atomic mass is 16.3. The summed E-state index contributed by atoms with van der Waals surface area (Å²) in [6.45, 7) is 7.87. The molecule has 2 N–H and O–H groups in total. The van der Waals surface area contributed by atoms with Crippen LogP contribution in [0.4, 0.5) is 0 Å². The molecule has 2 aromatic carbocycles. The van der Waals surface area contributed by atoms with Gasteiger partial charge >= 0.3 is 0 Å². The van der Waals surface area contributed by atoms with Gasteiger partial charge in [-0.2, -0.15) is 0 Å². The van der Waals surface area contributed by atoms with Crippen molar-refractivity contribution in [2.24, 2.45) is 0 Å². The number of nitrogens with zero attached hydrogens (tertiary/aromatic N) is 1. The zero-order valence-corrected chi connectivity index (χ0v) is 17.0. The van der Waals surface area contributed by atoms with E-state index < -0.39 is 0 Å². The van der Waals surface area contributed by atoms with E-state index in [1.807, 2.05) is 0 Å². The molecule has 0 bridgehead atoms. The summed E-state index contributed by atoms with van der Waals surface area (Å²) in [5.74, 6) is 0. The van der Waals surface area contributed by atoms with Crippen molar-refractivity contribution in [1.29, 1.82) is 0 Å². The first-order chi connectivity index (χ1) is 13.2. The highest BCUT2D eigenvalue weighted by molar-refractivity contribution is 5.17. The van der Waals surface area contributed by atoms with Crippen molar-refractivity contribution in [3.63, 3.8) is 0 Å². The predicted octanol–water partition coefficient (Wildman–Crippen LogP) is 4.61. The molecule has 148 valence electrons. The molecule has 0 spiro atoms. The van der Waals surface area contributed by atoms with Gasteiger partial charge in [-0.05, 0) is 30.5 Å². The Morgan fingerprint density at radius 1 is 0.852 bits per heavy atom. The SMILES string of the molecule is CCCCNC[C@H]([C@@H](O)CCC)N(Cc1ccccc1)Cc1ccccc1. The summed E-state index contributed by atoms with van der Waals surface area (Å²) in [5.41, 5.74) is 2.58. The monoisotopic (exact) mass is 368 g/mol. The maximum Gasteiger partial charge on any atom is 0.0707 e. The van der Waals surface area contributed by atoms with Gasteiger partial charge < -0.3 is 10.4 Å². The molecular formula is C24H36N2O. The molecule has 0 unspecified atom stereocenters. The van der Waals surface area contributed by atoms with Crippen LogP contribution < -0.4 is 5.32 Å². The van der Waals surface area contributed by atoms with Gasteiger partial charge in [-0.1, -0.05) is 87.4 Å². The number of rotatable bonds is 13. The number of nitrogens with one attached hydrogen (secondary N) is 1. The molecule has 3 nitrogen and oxygen atoms in total. The molecule has 0 aliphatic heterocycles. The summed E-state index contributed by atoms with van der Waals surface area (Å²) in [6.07, 6.45) is 3.87. The molecule has 0 aliphatic rings. The molecule has 0 amide bonds. The van der Waals surface area contributed by atoms with Gasteiger partial charge in [-0.15, -0.1) is 0 Å². The molecule has 0 radical (unpaired) electrons. The number of hydrogen-bond donors (Lipinski definition) is 2. The fourth-order valence-electron chi connectivity index (χ4n) is 3.47. The van der Waals surface area contributed by atoms with Gasteiger partial charge in [-0.25, -0.2) is 0 Å². The third kappa shape index (κ3) is 7.84. The van der Waals surface area contributed by atoms with Crippen LogP contribution in [0.2, 0.25) is 0 Å². The number of aliphatic hydroxyl groups is 1. The zero-order chi connectivity index (χ0) is 19.3. The Bertz CT molecular complexity index is 561. The topological polar surface area (TPSA) is 35.5 Å². The van der Waals surface area contributed by atoms with Gasteiger partial charge in [0.2, 0.25) is 0 Å². The van der Waals surface area contributed by atoms with E-state index in [2.05, 4.69) is 84.7 Å². The van der Waals surface area contributed by atoms with Crippen LogP contribution in [0.1, 0.15) is 50.7 Å². The summed E-state index contributed by atoms with van der Waals surface area (Å²) in [6, 6.07) is 21.3. The largest absolute Gasteiger partial charge is 0.391 e. The maximum atomic E-state index is 10.9. The molecule has 0 heterocycles. The normalized spacial score (nSPS) is 13.6. The number of aliphatic hydroxyl groups excluding tert-OH is 1. The van der Waals surface area contributed by atoms with Crippen molar-refractivity contribution in [1.82, 2.24) is 10.2 Å². The highest BCUT2D eigenvalue weighted by Crippen LogP contribution is 2.18. The number of hydrogen-bond acceptors (Lipinski definition) is 3. The Labute approximate surface area is 165 Å². The standard InChI is InChI=1S/C24H36N2O/c1-3-5-17-25-18-23(24(27)12-4-2)26(19-21-13-8-6-9-14-21)20-22-15-10-7-11-16-22/h6-11,13-16,23-25,27H,3-5,12,17-20H2,1-2H3/t23-,24+/m1/s1. The van der Waals surface area contributed by atoms with Crippen LogP contribution in [0.25, 0.3) is 0 Å². The van der Waals surface area contributed by atoms with E-state index in [0.717, 1.165) is 39.0 Å². The van der Waals surface area contributed by atoms with Crippen LogP contribution in [0.5, 0.6) is 0 Å². The first kappa shape index (κ1) is 21.6. The molecule has 0 saturated carbocycles. The van der Waals surface area contributed by atoms with E-state index in [9.17, 15) is 5.11 Å². The lowest BCUT2D eigenvalue weighted by atomic mass is 10.0. The van der Waals surface area contributed by atoms with Crippen LogP contribution in [0.3, 0.4) is 0 Å². The average Bonchev–Trinajstić information content (AvgIpc) is 2.69. The van der Waals surface area contributed by atoms with Gasteiger partial charge in [0, 0.05) is 25.7 Å². The molecule has 0 fully saturated rings. The lowest BCUT2D eigenvalue weighted by molar-refractivity contribution is 0.0337. The molecule has 2 aromatic rings. The zero-order valence-electron chi connectivity index (χ0n) is 17.0. The van der Waals surface area contributed by atoms with E-state index in [4.69, 9.17) is 0 Å². The Morgan fingerprint density at radius 2 is 1.41 bits per heavy atom. The van der Waals surface area contributed by atoms with Crippen molar-refractivity contribution in [3.05, 3.63) is 71.8 Å². The maximum absolute atomic E-state index is 10.9. The summed E-state index contributed by atoms with van der Waals surface area (Å²) in [5, 5.41) is 14.5.